The lowest BCUT2D eigenvalue weighted by molar-refractivity contribution is 0.0331. The number of hydroxylamine groups is 1. The third-order valence-electron chi connectivity index (χ3n) is 3.56. The molecule has 2 amide bonds. The quantitative estimate of drug-likeness (QED) is 0.566. The fourth-order valence-electron chi connectivity index (χ4n) is 2.82. The molecular weight excluding hydrogens is 322 g/mol. The van der Waals surface area contributed by atoms with Crippen molar-refractivity contribution in [2.24, 2.45) is 5.92 Å². The third-order valence-corrected chi connectivity index (χ3v) is 3.56. The number of hydrogen-bond donors (Lipinski definition) is 3. The number of rotatable bonds is 5. The number of aromatic nitrogens is 1. The van der Waals surface area contributed by atoms with Gasteiger partial charge in [0.15, 0.2) is 0 Å². The van der Waals surface area contributed by atoms with Crippen molar-refractivity contribution in [1.82, 2.24) is 10.5 Å². The highest BCUT2D eigenvalue weighted by atomic mass is 16.6. The number of amides is 2. The minimum Gasteiger partial charge on any atom is -0.443 e. The van der Waals surface area contributed by atoms with Gasteiger partial charge < -0.3 is 4.74 Å². The molecule has 0 radical (unpaired) electrons. The Kier molecular flexibility index (Phi) is 5.58. The van der Waals surface area contributed by atoms with Crippen LogP contribution in [0.4, 0.5) is 10.5 Å². The summed E-state index contributed by atoms with van der Waals surface area (Å²) in [5.41, 5.74) is 2.40. The molecule has 0 atom stereocenters. The van der Waals surface area contributed by atoms with Crippen LogP contribution in [0.25, 0.3) is 10.9 Å². The Morgan fingerprint density at radius 3 is 2.64 bits per heavy atom. The van der Waals surface area contributed by atoms with Crippen molar-refractivity contribution in [3.63, 3.8) is 0 Å². The number of ether oxygens (including phenoxy) is 1. The van der Waals surface area contributed by atoms with Crippen LogP contribution in [0.5, 0.6) is 0 Å². The standard InChI is InChI=1S/C18H23N3O4/c1-11(2)9-18(3,4)25-17(23)20-14-5-6-15-12(8-14)7-13(10-19-15)16(22)21-24/h5-8,10-11,24H,9H2,1-4H3,(H,20,23)(H,21,22). The Morgan fingerprint density at radius 2 is 2.00 bits per heavy atom. The van der Waals surface area contributed by atoms with E-state index in [9.17, 15) is 9.59 Å². The van der Waals surface area contributed by atoms with Gasteiger partial charge in [-0.2, -0.15) is 0 Å². The number of fused-ring (bicyclic) bond motifs is 1. The normalized spacial score (nSPS) is 11.4. The average Bonchev–Trinajstić information content (AvgIpc) is 2.51. The second kappa shape index (κ2) is 7.48. The molecule has 0 spiro atoms. The lowest BCUT2D eigenvalue weighted by atomic mass is 9.96. The highest BCUT2D eigenvalue weighted by molar-refractivity contribution is 5.97. The molecular formula is C18H23N3O4. The molecule has 0 aliphatic heterocycles. The molecule has 0 fully saturated rings. The number of anilines is 1. The number of carbonyl (C=O) groups is 2. The summed E-state index contributed by atoms with van der Waals surface area (Å²) >= 11 is 0. The molecule has 2 aromatic rings. The summed E-state index contributed by atoms with van der Waals surface area (Å²) < 4.78 is 5.48. The van der Waals surface area contributed by atoms with E-state index in [2.05, 4.69) is 24.1 Å². The van der Waals surface area contributed by atoms with Gasteiger partial charge in [-0.25, -0.2) is 10.3 Å². The van der Waals surface area contributed by atoms with Crippen LogP contribution < -0.4 is 10.8 Å². The van der Waals surface area contributed by atoms with Crippen molar-refractivity contribution in [3.8, 4) is 0 Å². The van der Waals surface area contributed by atoms with Crippen LogP contribution >= 0.6 is 0 Å². The molecule has 1 heterocycles. The van der Waals surface area contributed by atoms with Gasteiger partial charge in [-0.1, -0.05) is 13.8 Å². The van der Waals surface area contributed by atoms with E-state index < -0.39 is 17.6 Å². The minimum absolute atomic E-state index is 0.216. The van der Waals surface area contributed by atoms with E-state index in [1.807, 2.05) is 13.8 Å². The maximum atomic E-state index is 12.1. The van der Waals surface area contributed by atoms with Crippen LogP contribution in [0.15, 0.2) is 30.5 Å². The van der Waals surface area contributed by atoms with Gasteiger partial charge in [-0.05, 0) is 50.5 Å². The summed E-state index contributed by atoms with van der Waals surface area (Å²) in [5, 5.41) is 12.0. The number of pyridine rings is 1. The number of nitrogens with one attached hydrogen (secondary N) is 2. The zero-order valence-corrected chi connectivity index (χ0v) is 14.8. The van der Waals surface area contributed by atoms with Crippen molar-refractivity contribution in [1.29, 1.82) is 0 Å². The van der Waals surface area contributed by atoms with Gasteiger partial charge in [0.05, 0.1) is 11.1 Å². The van der Waals surface area contributed by atoms with Gasteiger partial charge in [0.2, 0.25) is 0 Å². The Hall–Kier alpha value is -2.67. The highest BCUT2D eigenvalue weighted by Crippen LogP contribution is 2.22. The van der Waals surface area contributed by atoms with E-state index in [4.69, 9.17) is 9.94 Å². The molecule has 7 heteroatoms. The molecule has 3 N–H and O–H groups in total. The first-order valence-electron chi connectivity index (χ1n) is 8.04. The molecule has 0 saturated heterocycles. The number of hydrogen-bond acceptors (Lipinski definition) is 5. The molecule has 1 aromatic carbocycles. The van der Waals surface area contributed by atoms with E-state index >= 15 is 0 Å². The van der Waals surface area contributed by atoms with Gasteiger partial charge >= 0.3 is 6.09 Å². The summed E-state index contributed by atoms with van der Waals surface area (Å²) in [6, 6.07) is 6.70. The van der Waals surface area contributed by atoms with Crippen LogP contribution in [0.3, 0.4) is 0 Å². The van der Waals surface area contributed by atoms with Crippen LogP contribution in [0.1, 0.15) is 44.5 Å². The molecule has 0 bridgehead atoms. The fourth-order valence-corrected chi connectivity index (χ4v) is 2.82. The van der Waals surface area contributed by atoms with E-state index in [1.165, 1.54) is 6.20 Å². The van der Waals surface area contributed by atoms with Gasteiger partial charge in [-0.15, -0.1) is 0 Å². The summed E-state index contributed by atoms with van der Waals surface area (Å²) in [4.78, 5) is 27.7. The Labute approximate surface area is 146 Å². The molecule has 25 heavy (non-hydrogen) atoms. The maximum Gasteiger partial charge on any atom is 0.412 e. The van der Waals surface area contributed by atoms with Crippen molar-refractivity contribution in [2.75, 3.05) is 5.32 Å². The molecule has 1 aromatic heterocycles. The number of benzene rings is 1. The van der Waals surface area contributed by atoms with Gasteiger partial charge in [0, 0.05) is 17.3 Å². The molecule has 2 rings (SSSR count). The van der Waals surface area contributed by atoms with E-state index in [0.717, 1.165) is 6.42 Å². The van der Waals surface area contributed by atoms with E-state index in [0.29, 0.717) is 22.5 Å². The first kappa shape index (κ1) is 18.7. The van der Waals surface area contributed by atoms with Crippen molar-refractivity contribution in [3.05, 3.63) is 36.0 Å². The van der Waals surface area contributed by atoms with Crippen LogP contribution in [-0.2, 0) is 4.74 Å². The number of carbonyl (C=O) groups excluding carboxylic acids is 2. The van der Waals surface area contributed by atoms with Crippen LogP contribution in [0.2, 0.25) is 0 Å². The van der Waals surface area contributed by atoms with Crippen molar-refractivity contribution in [2.45, 2.75) is 39.7 Å². The molecule has 0 unspecified atom stereocenters. The van der Waals surface area contributed by atoms with Crippen molar-refractivity contribution >= 4 is 28.6 Å². The molecule has 7 nitrogen and oxygen atoms in total. The zero-order chi connectivity index (χ0) is 18.6. The smallest absolute Gasteiger partial charge is 0.412 e. The number of nitrogens with zero attached hydrogens (tertiary/aromatic N) is 1. The maximum absolute atomic E-state index is 12.1. The third kappa shape index (κ3) is 5.15. The SMILES string of the molecule is CC(C)CC(C)(C)OC(=O)Nc1ccc2ncc(C(=O)NO)cc2c1. The first-order valence-corrected chi connectivity index (χ1v) is 8.04. The topological polar surface area (TPSA) is 101 Å². The Balaban J connectivity index is 2.15. The summed E-state index contributed by atoms with van der Waals surface area (Å²) in [6.45, 7) is 7.88. The van der Waals surface area contributed by atoms with Crippen LogP contribution in [0, 0.1) is 5.92 Å². The predicted octanol–water partition coefficient (Wildman–Crippen LogP) is 3.73. The van der Waals surface area contributed by atoms with E-state index in [-0.39, 0.29) is 5.56 Å². The second-order valence-electron chi connectivity index (χ2n) is 6.94. The molecule has 0 aliphatic carbocycles. The van der Waals surface area contributed by atoms with Crippen molar-refractivity contribution < 1.29 is 19.5 Å². The highest BCUT2D eigenvalue weighted by Gasteiger charge is 2.24. The van der Waals surface area contributed by atoms with Crippen LogP contribution in [-0.4, -0.2) is 27.8 Å². The van der Waals surface area contributed by atoms with E-state index in [1.54, 1.807) is 29.7 Å². The summed E-state index contributed by atoms with van der Waals surface area (Å²) in [6.07, 6.45) is 1.58. The first-order chi connectivity index (χ1) is 11.7. The average molecular weight is 345 g/mol. The Morgan fingerprint density at radius 1 is 1.28 bits per heavy atom. The summed E-state index contributed by atoms with van der Waals surface area (Å²) in [7, 11) is 0. The zero-order valence-electron chi connectivity index (χ0n) is 14.8. The fraction of sp³-hybridized carbons (Fsp3) is 0.389. The lowest BCUT2D eigenvalue weighted by Crippen LogP contribution is -2.32. The second-order valence-corrected chi connectivity index (χ2v) is 6.94. The molecule has 134 valence electrons. The minimum atomic E-state index is -0.650. The molecule has 0 aliphatic rings. The van der Waals surface area contributed by atoms with Gasteiger partial charge in [-0.3, -0.25) is 20.3 Å². The van der Waals surface area contributed by atoms with Gasteiger partial charge in [0.1, 0.15) is 5.60 Å². The van der Waals surface area contributed by atoms with Gasteiger partial charge in [0.25, 0.3) is 5.91 Å². The Bertz CT molecular complexity index is 787. The monoisotopic (exact) mass is 345 g/mol. The molecule has 0 saturated carbocycles. The largest absolute Gasteiger partial charge is 0.443 e. The predicted molar refractivity (Wildman–Crippen MR) is 94.6 cm³/mol. The lowest BCUT2D eigenvalue weighted by Gasteiger charge is -2.26. The summed E-state index contributed by atoms with van der Waals surface area (Å²) in [5.74, 6) is -0.242.